The lowest BCUT2D eigenvalue weighted by molar-refractivity contribution is 0.399. The molecule has 1 N–H and O–H groups in total. The molecule has 0 unspecified atom stereocenters. The Morgan fingerprint density at radius 3 is 1.25 bits per heavy atom. The van der Waals surface area contributed by atoms with Gasteiger partial charge in [-0.15, -0.1) is 0 Å². The van der Waals surface area contributed by atoms with Crippen molar-refractivity contribution in [2.24, 2.45) is 0 Å². The van der Waals surface area contributed by atoms with E-state index < -0.39 is 0 Å². The third-order valence-corrected chi connectivity index (χ3v) is 0. The predicted molar refractivity (Wildman–Crippen MR) is 23.1 cm³/mol. The summed E-state index contributed by atoms with van der Waals surface area (Å²) >= 11 is 3.53. The van der Waals surface area contributed by atoms with Crippen molar-refractivity contribution >= 4 is 12.6 Å². The zero-order valence-electron chi connectivity index (χ0n) is 2.89. The molecule has 2 heteroatoms. The monoisotopic (exact) mass is 80.0 g/mol. The molecule has 0 amide bonds. The molecule has 0 aromatic carbocycles. The van der Waals surface area contributed by atoms with E-state index >= 15 is 0 Å². The number of hydrogen-bond acceptors (Lipinski definition) is 2. The summed E-state index contributed by atoms with van der Waals surface area (Å²) in [7, 11) is 1.00. The van der Waals surface area contributed by atoms with Gasteiger partial charge in [-0.2, -0.15) is 12.6 Å². The third kappa shape index (κ3) is 41.3. The van der Waals surface area contributed by atoms with E-state index in [1.165, 1.54) is 0 Å². The maximum atomic E-state index is 7.00. The molecule has 0 saturated heterocycles. The SMILES string of the molecule is CO.CS. The van der Waals surface area contributed by atoms with Crippen LogP contribution in [0.3, 0.4) is 0 Å². The van der Waals surface area contributed by atoms with Gasteiger partial charge in [0.15, 0.2) is 0 Å². The Hall–Kier alpha value is 0.310. The van der Waals surface area contributed by atoms with Gasteiger partial charge in [-0.3, -0.25) is 0 Å². The average molecular weight is 80.2 g/mol. The summed E-state index contributed by atoms with van der Waals surface area (Å²) in [5, 5.41) is 7.00. The molecule has 0 spiro atoms. The Morgan fingerprint density at radius 1 is 1.25 bits per heavy atom. The van der Waals surface area contributed by atoms with E-state index in [1.807, 2.05) is 0 Å². The summed E-state index contributed by atoms with van der Waals surface area (Å²) < 4.78 is 0. The minimum Gasteiger partial charge on any atom is -0.400 e. The van der Waals surface area contributed by atoms with E-state index in [1.54, 1.807) is 6.26 Å². The summed E-state index contributed by atoms with van der Waals surface area (Å²) in [6.07, 6.45) is 1.69. The number of aliphatic hydroxyl groups excluding tert-OH is 1. The largest absolute Gasteiger partial charge is 0.400 e. The van der Waals surface area contributed by atoms with Crippen LogP contribution in [-0.2, 0) is 0 Å². The molecule has 0 aromatic rings. The summed E-state index contributed by atoms with van der Waals surface area (Å²) in [6.45, 7) is 0. The van der Waals surface area contributed by atoms with Crippen LogP contribution < -0.4 is 0 Å². The van der Waals surface area contributed by atoms with Gasteiger partial charge in [0.2, 0.25) is 0 Å². The van der Waals surface area contributed by atoms with E-state index in [9.17, 15) is 0 Å². The first kappa shape index (κ1) is 8.85. The predicted octanol–water partition coefficient (Wildman–Crippen LogP) is 0.154. The van der Waals surface area contributed by atoms with Gasteiger partial charge in [0.05, 0.1) is 0 Å². The molecule has 0 aromatic heterocycles. The Kier molecular flexibility index (Phi) is 407. The molecule has 0 aliphatic carbocycles. The molecular formula is C2H8OS. The molecule has 0 rings (SSSR count). The molecule has 0 aliphatic rings. The molecule has 4 heavy (non-hydrogen) atoms. The maximum Gasteiger partial charge on any atom is 0.0319 e. The average Bonchev–Trinajstić information content (AvgIpc) is 1.50. The normalized spacial score (nSPS) is 3.00. The topological polar surface area (TPSA) is 20.2 Å². The van der Waals surface area contributed by atoms with Crippen molar-refractivity contribution in [1.29, 1.82) is 0 Å². The van der Waals surface area contributed by atoms with Gasteiger partial charge in [-0.1, -0.05) is 0 Å². The van der Waals surface area contributed by atoms with Crippen LogP contribution in [0, 0.1) is 0 Å². The van der Waals surface area contributed by atoms with Crippen LogP contribution in [-0.4, -0.2) is 18.5 Å². The Morgan fingerprint density at radius 2 is 1.25 bits per heavy atom. The lowest BCUT2D eigenvalue weighted by Gasteiger charge is -1.21. The van der Waals surface area contributed by atoms with Gasteiger partial charge in [0.25, 0.3) is 0 Å². The second kappa shape index (κ2) is 184. The Labute approximate surface area is 32.1 Å². The number of hydrogen-bond donors (Lipinski definition) is 2. The fourth-order valence-corrected chi connectivity index (χ4v) is 0. The summed E-state index contributed by atoms with van der Waals surface area (Å²) in [6, 6.07) is 0. The summed E-state index contributed by atoms with van der Waals surface area (Å²) in [4.78, 5) is 0. The van der Waals surface area contributed by atoms with Crippen LogP contribution in [0.25, 0.3) is 0 Å². The van der Waals surface area contributed by atoms with Crippen molar-refractivity contribution in [3.8, 4) is 0 Å². The zero-order chi connectivity index (χ0) is 4.00. The highest BCUT2D eigenvalue weighted by Gasteiger charge is 0.901. The lowest BCUT2D eigenvalue weighted by Crippen LogP contribution is -1.25. The van der Waals surface area contributed by atoms with Crippen LogP contribution in [0.15, 0.2) is 0 Å². The molecule has 0 bridgehead atoms. The molecule has 0 heterocycles. The maximum absolute atomic E-state index is 7.00. The van der Waals surface area contributed by atoms with E-state index in [4.69, 9.17) is 5.11 Å². The zero-order valence-corrected chi connectivity index (χ0v) is 3.79. The molecular weight excluding hydrogens is 72.1 g/mol. The fourth-order valence-electron chi connectivity index (χ4n) is 0. The highest BCUT2D eigenvalue weighted by molar-refractivity contribution is 7.79. The van der Waals surface area contributed by atoms with Crippen molar-refractivity contribution in [1.82, 2.24) is 0 Å². The molecule has 0 saturated carbocycles. The summed E-state index contributed by atoms with van der Waals surface area (Å²) in [5.41, 5.74) is 0. The second-order valence-corrected chi connectivity index (χ2v) is 0. The van der Waals surface area contributed by atoms with Gasteiger partial charge in [0.1, 0.15) is 0 Å². The minimum atomic E-state index is 1.00. The summed E-state index contributed by atoms with van der Waals surface area (Å²) in [5.74, 6) is 0. The van der Waals surface area contributed by atoms with Crippen LogP contribution >= 0.6 is 12.6 Å². The molecule has 28 valence electrons. The highest BCUT2D eigenvalue weighted by atomic mass is 32.1. The second-order valence-electron chi connectivity index (χ2n) is 0. The van der Waals surface area contributed by atoms with E-state index in [2.05, 4.69) is 12.6 Å². The van der Waals surface area contributed by atoms with Crippen molar-refractivity contribution in [3.63, 3.8) is 0 Å². The Balaban J connectivity index is 0. The number of thiol groups is 1. The van der Waals surface area contributed by atoms with Crippen LogP contribution in [0.5, 0.6) is 0 Å². The first-order chi connectivity index (χ1) is 2.00. The quantitative estimate of drug-likeness (QED) is 0.397. The lowest BCUT2D eigenvalue weighted by atomic mass is 11.8. The smallest absolute Gasteiger partial charge is 0.0319 e. The van der Waals surface area contributed by atoms with Crippen molar-refractivity contribution in [2.45, 2.75) is 0 Å². The van der Waals surface area contributed by atoms with Crippen LogP contribution in [0.1, 0.15) is 0 Å². The van der Waals surface area contributed by atoms with Gasteiger partial charge < -0.3 is 5.11 Å². The third-order valence-electron chi connectivity index (χ3n) is 0. The minimum absolute atomic E-state index is 1.00. The van der Waals surface area contributed by atoms with Crippen molar-refractivity contribution in [2.75, 3.05) is 13.4 Å². The molecule has 0 aliphatic heterocycles. The van der Waals surface area contributed by atoms with Crippen molar-refractivity contribution < 1.29 is 5.11 Å². The van der Waals surface area contributed by atoms with E-state index in [-0.39, 0.29) is 0 Å². The molecule has 1 nitrogen and oxygen atoms in total. The van der Waals surface area contributed by atoms with Gasteiger partial charge in [-0.05, 0) is 6.26 Å². The number of rotatable bonds is 0. The van der Waals surface area contributed by atoms with Gasteiger partial charge in [-0.25, -0.2) is 0 Å². The molecule has 0 fully saturated rings. The fraction of sp³-hybridized carbons (Fsp3) is 1.00. The van der Waals surface area contributed by atoms with Gasteiger partial charge in [0, 0.05) is 7.11 Å². The molecule has 0 radical (unpaired) electrons. The Bertz CT molecular complexity index is 6.00. The van der Waals surface area contributed by atoms with E-state index in [0.29, 0.717) is 0 Å². The number of aliphatic hydroxyl groups is 1. The first-order valence-electron chi connectivity index (χ1n) is 0.894. The van der Waals surface area contributed by atoms with Gasteiger partial charge >= 0.3 is 0 Å². The van der Waals surface area contributed by atoms with Crippen molar-refractivity contribution in [3.05, 3.63) is 0 Å². The van der Waals surface area contributed by atoms with Crippen LogP contribution in [0.2, 0.25) is 0 Å². The molecule has 0 atom stereocenters. The standard InChI is InChI=1S/CH4O.CH4S/c2*1-2/h2*2H,1H3. The first-order valence-corrected chi connectivity index (χ1v) is 1.79. The van der Waals surface area contributed by atoms with Crippen LogP contribution in [0.4, 0.5) is 0 Å². The highest BCUT2D eigenvalue weighted by Crippen LogP contribution is 1.31. The van der Waals surface area contributed by atoms with E-state index in [0.717, 1.165) is 7.11 Å².